The minimum absolute atomic E-state index is 0.221. The van der Waals surface area contributed by atoms with E-state index in [0.29, 0.717) is 0 Å². The zero-order chi connectivity index (χ0) is 13.8. The Kier molecular flexibility index (Phi) is 4.40. The molecule has 0 radical (unpaired) electrons. The van der Waals surface area contributed by atoms with E-state index in [4.69, 9.17) is 5.84 Å². The molecule has 0 unspecified atom stereocenters. The van der Waals surface area contributed by atoms with E-state index in [1.165, 1.54) is 28.4 Å². The van der Waals surface area contributed by atoms with Crippen LogP contribution in [0.2, 0.25) is 0 Å². The summed E-state index contributed by atoms with van der Waals surface area (Å²) in [5.74, 6) is 2.62. The third-order valence-corrected chi connectivity index (χ3v) is 5.20. The molecule has 0 saturated heterocycles. The number of nitrogens with two attached hydrogens (primary N) is 1. The molecule has 10 heteroatoms. The van der Waals surface area contributed by atoms with Crippen molar-refractivity contribution in [3.8, 4) is 0 Å². The first kappa shape index (κ1) is 14.6. The van der Waals surface area contributed by atoms with Crippen LogP contribution in [0.15, 0.2) is 35.2 Å². The summed E-state index contributed by atoms with van der Waals surface area (Å²) < 4.78 is 47.5. The van der Waals surface area contributed by atoms with Crippen molar-refractivity contribution in [2.75, 3.05) is 5.75 Å². The van der Waals surface area contributed by atoms with Gasteiger partial charge in [0, 0.05) is 0 Å². The van der Waals surface area contributed by atoms with Gasteiger partial charge in [0.1, 0.15) is 5.75 Å². The fourth-order valence-corrected chi connectivity index (χ4v) is 3.96. The van der Waals surface area contributed by atoms with Crippen LogP contribution in [-0.4, -0.2) is 28.5 Å². The molecule has 100 valence electrons. The van der Waals surface area contributed by atoms with Crippen LogP contribution in [0.1, 0.15) is 0 Å². The molecule has 1 aromatic carbocycles. The van der Waals surface area contributed by atoms with Gasteiger partial charge in [-0.3, -0.25) is 10.2 Å². The summed E-state index contributed by atoms with van der Waals surface area (Å²) >= 11 is 0. The summed E-state index contributed by atoms with van der Waals surface area (Å²) in [6.07, 6.45) is 0. The van der Waals surface area contributed by atoms with Gasteiger partial charge in [-0.1, -0.05) is 18.2 Å². The fourth-order valence-electron chi connectivity index (χ4n) is 1.06. The summed E-state index contributed by atoms with van der Waals surface area (Å²) in [5.41, 5.74) is 1.59. The molecule has 0 aromatic heterocycles. The average Bonchev–Trinajstić information content (AvgIpc) is 2.28. The van der Waals surface area contributed by atoms with E-state index >= 15 is 0 Å². The van der Waals surface area contributed by atoms with Crippen molar-refractivity contribution in [1.82, 2.24) is 9.55 Å². The van der Waals surface area contributed by atoms with E-state index in [0.717, 1.165) is 0 Å². The smallest absolute Gasteiger partial charge is 0.253 e. The van der Waals surface area contributed by atoms with Gasteiger partial charge in [-0.2, -0.15) is 0 Å². The topological polar surface area (TPSA) is 135 Å². The standard InChI is InChI=1S/C8H11N3O5S2/c9-10-8(12)6-17(13,14)11-18(15,16)7-4-2-1-3-5-7/h1-5,11H,6,9H2,(H,10,12). The number of benzene rings is 1. The third-order valence-electron chi connectivity index (χ3n) is 1.77. The van der Waals surface area contributed by atoms with Crippen molar-refractivity contribution in [2.24, 2.45) is 5.84 Å². The summed E-state index contributed by atoms with van der Waals surface area (Å²) in [6, 6.07) is 6.90. The Labute approximate surface area is 104 Å². The molecule has 0 atom stereocenters. The molecule has 0 aliphatic rings. The molecule has 0 spiro atoms. The van der Waals surface area contributed by atoms with Crippen molar-refractivity contribution in [3.63, 3.8) is 0 Å². The predicted molar refractivity (Wildman–Crippen MR) is 62.9 cm³/mol. The number of hydrogen-bond donors (Lipinski definition) is 3. The van der Waals surface area contributed by atoms with Crippen molar-refractivity contribution in [3.05, 3.63) is 30.3 Å². The van der Waals surface area contributed by atoms with Crippen molar-refractivity contribution in [2.45, 2.75) is 4.90 Å². The van der Waals surface area contributed by atoms with E-state index in [-0.39, 0.29) is 4.90 Å². The van der Waals surface area contributed by atoms with Gasteiger partial charge in [0.05, 0.1) is 4.90 Å². The lowest BCUT2D eigenvalue weighted by molar-refractivity contribution is -0.118. The van der Waals surface area contributed by atoms with E-state index in [9.17, 15) is 21.6 Å². The molecule has 0 saturated carbocycles. The molecule has 0 heterocycles. The second-order valence-corrected chi connectivity index (χ2v) is 6.89. The highest BCUT2D eigenvalue weighted by Crippen LogP contribution is 2.08. The number of sulfonamides is 2. The molecule has 1 amide bonds. The van der Waals surface area contributed by atoms with E-state index in [1.807, 2.05) is 0 Å². The normalized spacial score (nSPS) is 12.1. The van der Waals surface area contributed by atoms with Gasteiger partial charge in [0.2, 0.25) is 10.0 Å². The molecule has 1 rings (SSSR count). The maximum Gasteiger partial charge on any atom is 0.253 e. The molecular formula is C8H11N3O5S2. The van der Waals surface area contributed by atoms with Crippen LogP contribution in [0, 0.1) is 0 Å². The number of rotatable bonds is 5. The first-order valence-electron chi connectivity index (χ1n) is 4.57. The van der Waals surface area contributed by atoms with Crippen LogP contribution in [0.4, 0.5) is 0 Å². The number of carbonyl (C=O) groups excluding carboxylic acids is 1. The zero-order valence-electron chi connectivity index (χ0n) is 9.03. The van der Waals surface area contributed by atoms with Crippen molar-refractivity contribution < 1.29 is 21.6 Å². The highest BCUT2D eigenvalue weighted by atomic mass is 32.3. The summed E-state index contributed by atoms with van der Waals surface area (Å²) in [5, 5.41) is 0. The lowest BCUT2D eigenvalue weighted by Gasteiger charge is -2.06. The van der Waals surface area contributed by atoms with Crippen LogP contribution in [0.5, 0.6) is 0 Å². The van der Waals surface area contributed by atoms with Crippen LogP contribution in [-0.2, 0) is 24.8 Å². The highest BCUT2D eigenvalue weighted by molar-refractivity contribution is 8.05. The molecule has 8 nitrogen and oxygen atoms in total. The number of carbonyl (C=O) groups is 1. The Hall–Kier alpha value is -1.49. The van der Waals surface area contributed by atoms with Gasteiger partial charge < -0.3 is 0 Å². The fraction of sp³-hybridized carbons (Fsp3) is 0.125. The van der Waals surface area contributed by atoms with Crippen LogP contribution in [0.25, 0.3) is 0 Å². The molecule has 0 bridgehead atoms. The average molecular weight is 293 g/mol. The van der Waals surface area contributed by atoms with Crippen molar-refractivity contribution >= 4 is 26.0 Å². The Morgan fingerprint density at radius 2 is 1.67 bits per heavy atom. The zero-order valence-corrected chi connectivity index (χ0v) is 10.7. The highest BCUT2D eigenvalue weighted by Gasteiger charge is 2.24. The number of hydrazine groups is 1. The van der Waals surface area contributed by atoms with Crippen LogP contribution >= 0.6 is 0 Å². The molecule has 0 aliphatic heterocycles. The SMILES string of the molecule is NNC(=O)CS(=O)(=O)NS(=O)(=O)c1ccccc1. The second kappa shape index (κ2) is 5.44. The first-order chi connectivity index (χ1) is 8.27. The minimum atomic E-state index is -4.33. The van der Waals surface area contributed by atoms with Gasteiger partial charge in [0.15, 0.2) is 0 Å². The lowest BCUT2D eigenvalue weighted by atomic mass is 10.4. The van der Waals surface area contributed by atoms with E-state index < -0.39 is 31.7 Å². The Balaban J connectivity index is 2.94. The summed E-state index contributed by atoms with van der Waals surface area (Å²) in [6.45, 7) is 0. The van der Waals surface area contributed by atoms with Crippen molar-refractivity contribution in [1.29, 1.82) is 0 Å². The van der Waals surface area contributed by atoms with E-state index in [2.05, 4.69) is 0 Å². The summed E-state index contributed by atoms with van der Waals surface area (Å²) in [4.78, 5) is 10.6. The maximum atomic E-state index is 11.7. The Bertz CT molecular complexity index is 624. The van der Waals surface area contributed by atoms with Gasteiger partial charge in [0.25, 0.3) is 15.9 Å². The molecule has 18 heavy (non-hydrogen) atoms. The first-order valence-corrected chi connectivity index (χ1v) is 7.71. The molecule has 1 aromatic rings. The minimum Gasteiger partial charge on any atom is -0.293 e. The quantitative estimate of drug-likeness (QED) is 0.336. The molecule has 4 N–H and O–H groups in total. The number of nitrogens with one attached hydrogen (secondary N) is 2. The van der Waals surface area contributed by atoms with Crippen LogP contribution < -0.4 is 15.4 Å². The van der Waals surface area contributed by atoms with Gasteiger partial charge in [-0.25, -0.2) is 22.7 Å². The molecule has 0 fully saturated rings. The van der Waals surface area contributed by atoms with Gasteiger partial charge in [-0.15, -0.1) is 4.13 Å². The monoisotopic (exact) mass is 293 g/mol. The Morgan fingerprint density at radius 3 is 2.17 bits per heavy atom. The van der Waals surface area contributed by atoms with Gasteiger partial charge in [-0.05, 0) is 12.1 Å². The molecular weight excluding hydrogens is 282 g/mol. The number of hydrogen-bond acceptors (Lipinski definition) is 6. The van der Waals surface area contributed by atoms with Gasteiger partial charge >= 0.3 is 0 Å². The third kappa shape index (κ3) is 4.07. The van der Waals surface area contributed by atoms with E-state index in [1.54, 1.807) is 11.5 Å². The number of amides is 1. The maximum absolute atomic E-state index is 11.7. The summed E-state index contributed by atoms with van der Waals surface area (Å²) in [7, 11) is -8.56. The molecule has 0 aliphatic carbocycles. The van der Waals surface area contributed by atoms with Crippen LogP contribution in [0.3, 0.4) is 0 Å². The Morgan fingerprint density at radius 1 is 1.11 bits per heavy atom. The lowest BCUT2D eigenvalue weighted by Crippen LogP contribution is -2.41. The largest absolute Gasteiger partial charge is 0.293 e. The predicted octanol–water partition coefficient (Wildman–Crippen LogP) is -1.72. The second-order valence-electron chi connectivity index (χ2n) is 3.23.